The number of carbonyl (C=O) groups excluding carboxylic acids is 1. The van der Waals surface area contributed by atoms with Crippen LogP contribution in [0, 0.1) is 11.6 Å². The van der Waals surface area contributed by atoms with E-state index in [0.717, 1.165) is 17.7 Å². The van der Waals surface area contributed by atoms with Crippen molar-refractivity contribution in [2.45, 2.75) is 27.1 Å². The lowest BCUT2D eigenvalue weighted by atomic mass is 10.2. The molecule has 0 fully saturated rings. The van der Waals surface area contributed by atoms with Gasteiger partial charge in [-0.2, -0.15) is 5.10 Å². The Morgan fingerprint density at radius 1 is 0.968 bits per heavy atom. The minimum absolute atomic E-state index is 0.108. The summed E-state index contributed by atoms with van der Waals surface area (Å²) in [6.45, 7) is 4.94. The third-order valence-corrected chi connectivity index (χ3v) is 4.18. The zero-order chi connectivity index (χ0) is 22.2. The average Bonchev–Trinajstić information content (AvgIpc) is 3.22. The van der Waals surface area contributed by atoms with Crippen LogP contribution in [0.5, 0.6) is 17.2 Å². The molecule has 7 nitrogen and oxygen atoms in total. The molecule has 0 bridgehead atoms. The largest absolute Gasteiger partial charge is 0.490 e. The Balaban J connectivity index is 1.56. The number of hydrogen-bond donors (Lipinski definition) is 1. The standard InChI is InChI=1S/C22H23F2N3O4/c1-3-29-20-7-5-15(11-21(20)30-4-2)13-25-22(28)18-9-10-27(26-18)14-31-19-8-6-16(23)12-17(19)24/h5-12H,3-4,13-14H2,1-2H3,(H,25,28). The predicted octanol–water partition coefficient (Wildman–Crippen LogP) is 3.93. The summed E-state index contributed by atoms with van der Waals surface area (Å²) in [5.74, 6) is -0.723. The number of amides is 1. The summed E-state index contributed by atoms with van der Waals surface area (Å²) in [6.07, 6.45) is 1.53. The molecule has 0 unspecified atom stereocenters. The highest BCUT2D eigenvalue weighted by Crippen LogP contribution is 2.28. The summed E-state index contributed by atoms with van der Waals surface area (Å²) in [5, 5.41) is 6.89. The van der Waals surface area contributed by atoms with Gasteiger partial charge in [0.1, 0.15) is 11.5 Å². The number of carbonyl (C=O) groups is 1. The van der Waals surface area contributed by atoms with E-state index < -0.39 is 11.6 Å². The fraction of sp³-hybridized carbons (Fsp3) is 0.273. The van der Waals surface area contributed by atoms with Crippen LogP contribution >= 0.6 is 0 Å². The number of nitrogens with zero attached hydrogens (tertiary/aromatic N) is 2. The normalized spacial score (nSPS) is 10.6. The zero-order valence-electron chi connectivity index (χ0n) is 17.2. The summed E-state index contributed by atoms with van der Waals surface area (Å²) >= 11 is 0. The van der Waals surface area contributed by atoms with Crippen molar-refractivity contribution < 1.29 is 27.8 Å². The highest BCUT2D eigenvalue weighted by Gasteiger charge is 2.12. The monoisotopic (exact) mass is 431 g/mol. The lowest BCUT2D eigenvalue weighted by molar-refractivity contribution is 0.0943. The first-order valence-corrected chi connectivity index (χ1v) is 9.78. The molecule has 0 aliphatic carbocycles. The SMILES string of the molecule is CCOc1ccc(CNC(=O)c2ccn(COc3ccc(F)cc3F)n2)cc1OCC. The van der Waals surface area contributed by atoms with Crippen LogP contribution in [0.25, 0.3) is 0 Å². The molecule has 3 rings (SSSR count). The van der Waals surface area contributed by atoms with Gasteiger partial charge in [0, 0.05) is 18.8 Å². The summed E-state index contributed by atoms with van der Waals surface area (Å²) < 4.78 is 44.3. The molecule has 0 radical (unpaired) electrons. The Kier molecular flexibility index (Phi) is 7.42. The molecule has 1 aromatic heterocycles. The van der Waals surface area contributed by atoms with Crippen molar-refractivity contribution in [3.8, 4) is 17.2 Å². The molecule has 0 saturated heterocycles. The van der Waals surface area contributed by atoms with Gasteiger partial charge >= 0.3 is 0 Å². The molecule has 1 amide bonds. The topological polar surface area (TPSA) is 74.6 Å². The summed E-state index contributed by atoms with van der Waals surface area (Å²) in [6, 6.07) is 10.00. The van der Waals surface area contributed by atoms with Crippen LogP contribution in [0.3, 0.4) is 0 Å². The Bertz CT molecular complexity index is 1040. The molecule has 9 heteroatoms. The van der Waals surface area contributed by atoms with Crippen molar-refractivity contribution in [1.82, 2.24) is 15.1 Å². The molecule has 0 saturated carbocycles. The van der Waals surface area contributed by atoms with E-state index >= 15 is 0 Å². The molecule has 2 aromatic carbocycles. The molecule has 1 heterocycles. The van der Waals surface area contributed by atoms with E-state index in [-0.39, 0.29) is 30.6 Å². The van der Waals surface area contributed by atoms with Crippen molar-refractivity contribution in [3.63, 3.8) is 0 Å². The first-order valence-electron chi connectivity index (χ1n) is 9.78. The Labute approximate surface area is 178 Å². The molecule has 31 heavy (non-hydrogen) atoms. The quantitative estimate of drug-likeness (QED) is 0.527. The van der Waals surface area contributed by atoms with Crippen LogP contribution in [0.1, 0.15) is 29.9 Å². The van der Waals surface area contributed by atoms with Crippen molar-refractivity contribution >= 4 is 5.91 Å². The van der Waals surface area contributed by atoms with E-state index in [4.69, 9.17) is 14.2 Å². The molecule has 0 atom stereocenters. The van der Waals surface area contributed by atoms with E-state index in [2.05, 4.69) is 10.4 Å². The van der Waals surface area contributed by atoms with Crippen molar-refractivity contribution in [1.29, 1.82) is 0 Å². The molecule has 164 valence electrons. The molecule has 0 aliphatic heterocycles. The van der Waals surface area contributed by atoms with Gasteiger partial charge in [-0.1, -0.05) is 6.07 Å². The Morgan fingerprint density at radius 3 is 2.45 bits per heavy atom. The van der Waals surface area contributed by atoms with Crippen LogP contribution in [0.15, 0.2) is 48.7 Å². The fourth-order valence-corrected chi connectivity index (χ4v) is 2.76. The number of nitrogens with one attached hydrogen (secondary N) is 1. The van der Waals surface area contributed by atoms with Crippen LogP contribution in [-0.2, 0) is 13.3 Å². The van der Waals surface area contributed by atoms with Gasteiger partial charge in [-0.25, -0.2) is 13.5 Å². The Morgan fingerprint density at radius 2 is 1.71 bits per heavy atom. The van der Waals surface area contributed by atoms with Gasteiger partial charge < -0.3 is 19.5 Å². The maximum Gasteiger partial charge on any atom is 0.272 e. The smallest absolute Gasteiger partial charge is 0.272 e. The fourth-order valence-electron chi connectivity index (χ4n) is 2.76. The van der Waals surface area contributed by atoms with Crippen LogP contribution in [0.4, 0.5) is 8.78 Å². The summed E-state index contributed by atoms with van der Waals surface area (Å²) in [5.41, 5.74) is 1.02. The minimum Gasteiger partial charge on any atom is -0.490 e. The van der Waals surface area contributed by atoms with Gasteiger partial charge in [0.05, 0.1) is 13.2 Å². The first-order chi connectivity index (χ1) is 15.0. The van der Waals surface area contributed by atoms with E-state index in [1.54, 1.807) is 6.07 Å². The summed E-state index contributed by atoms with van der Waals surface area (Å²) in [4.78, 5) is 12.4. The number of benzene rings is 2. The van der Waals surface area contributed by atoms with E-state index in [0.29, 0.717) is 24.7 Å². The number of halogens is 2. The third-order valence-electron chi connectivity index (χ3n) is 4.18. The maximum atomic E-state index is 13.6. The molecule has 0 aliphatic rings. The number of ether oxygens (including phenoxy) is 3. The molecule has 0 spiro atoms. The molecule has 3 aromatic rings. The van der Waals surface area contributed by atoms with Crippen molar-refractivity contribution in [2.75, 3.05) is 13.2 Å². The maximum absolute atomic E-state index is 13.6. The average molecular weight is 431 g/mol. The predicted molar refractivity (Wildman–Crippen MR) is 109 cm³/mol. The second-order valence-corrected chi connectivity index (χ2v) is 6.42. The lowest BCUT2D eigenvalue weighted by Gasteiger charge is -2.12. The van der Waals surface area contributed by atoms with Gasteiger partial charge in [0.15, 0.2) is 29.8 Å². The number of hydrogen-bond acceptors (Lipinski definition) is 5. The minimum atomic E-state index is -0.813. The van der Waals surface area contributed by atoms with Gasteiger partial charge in [0.2, 0.25) is 0 Å². The third kappa shape index (κ3) is 5.94. The van der Waals surface area contributed by atoms with Gasteiger partial charge in [-0.3, -0.25) is 4.79 Å². The van der Waals surface area contributed by atoms with Crippen LogP contribution < -0.4 is 19.5 Å². The van der Waals surface area contributed by atoms with Crippen molar-refractivity contribution in [2.24, 2.45) is 0 Å². The lowest BCUT2D eigenvalue weighted by Crippen LogP contribution is -2.23. The molecular weight excluding hydrogens is 408 g/mol. The number of aromatic nitrogens is 2. The highest BCUT2D eigenvalue weighted by atomic mass is 19.1. The zero-order valence-corrected chi connectivity index (χ0v) is 17.2. The van der Waals surface area contributed by atoms with Crippen LogP contribution in [0.2, 0.25) is 0 Å². The van der Waals surface area contributed by atoms with Crippen molar-refractivity contribution in [3.05, 3.63) is 71.6 Å². The van der Waals surface area contributed by atoms with E-state index in [1.807, 2.05) is 26.0 Å². The molecular formula is C22H23F2N3O4. The van der Waals surface area contributed by atoms with Gasteiger partial charge in [0.25, 0.3) is 5.91 Å². The Hall–Kier alpha value is -3.62. The highest BCUT2D eigenvalue weighted by molar-refractivity contribution is 5.92. The first kappa shape index (κ1) is 22.1. The molecule has 1 N–H and O–H groups in total. The van der Waals surface area contributed by atoms with E-state index in [9.17, 15) is 13.6 Å². The van der Waals surface area contributed by atoms with Crippen LogP contribution in [-0.4, -0.2) is 28.9 Å². The van der Waals surface area contributed by atoms with Gasteiger partial charge in [-0.15, -0.1) is 0 Å². The van der Waals surface area contributed by atoms with Gasteiger partial charge in [-0.05, 0) is 49.7 Å². The number of rotatable bonds is 10. The van der Waals surface area contributed by atoms with E-state index in [1.165, 1.54) is 23.0 Å². The second kappa shape index (κ2) is 10.4. The summed E-state index contributed by atoms with van der Waals surface area (Å²) in [7, 11) is 0. The second-order valence-electron chi connectivity index (χ2n) is 6.42.